The van der Waals surface area contributed by atoms with Gasteiger partial charge in [-0.1, -0.05) is 29.8 Å². The molecule has 26 heavy (non-hydrogen) atoms. The van der Waals surface area contributed by atoms with Crippen molar-refractivity contribution in [2.75, 3.05) is 32.8 Å². The summed E-state index contributed by atoms with van der Waals surface area (Å²) in [6.45, 7) is 6.95. The molecule has 0 bridgehead atoms. The standard InChI is InChI=1S/C20H24ClN3O2/c1-2-26-19-5-3-4-17(20(19)25)14-22-24-12-10-23(11-13-24)15-16-6-8-18(21)9-7-16/h3-9,14,25H,2,10-13,15H2,1H3/b22-14+. The van der Waals surface area contributed by atoms with Crippen molar-refractivity contribution in [2.24, 2.45) is 5.10 Å². The number of benzene rings is 2. The van der Waals surface area contributed by atoms with Gasteiger partial charge < -0.3 is 9.84 Å². The second-order valence-corrected chi connectivity index (χ2v) is 6.66. The summed E-state index contributed by atoms with van der Waals surface area (Å²) in [7, 11) is 0. The molecule has 1 saturated heterocycles. The largest absolute Gasteiger partial charge is 0.504 e. The number of nitrogens with zero attached hydrogens (tertiary/aromatic N) is 3. The van der Waals surface area contributed by atoms with Crippen LogP contribution in [0.5, 0.6) is 11.5 Å². The lowest BCUT2D eigenvalue weighted by Gasteiger charge is -2.33. The molecule has 0 amide bonds. The number of ether oxygens (including phenoxy) is 1. The third kappa shape index (κ3) is 4.90. The number of hydrogen-bond donors (Lipinski definition) is 1. The molecule has 2 aromatic carbocycles. The van der Waals surface area contributed by atoms with Gasteiger partial charge in [-0.05, 0) is 36.8 Å². The van der Waals surface area contributed by atoms with E-state index in [2.05, 4.69) is 22.1 Å². The predicted octanol–water partition coefficient (Wildman–Crippen LogP) is 3.60. The number of hydrazone groups is 1. The molecule has 138 valence electrons. The number of rotatable bonds is 6. The molecule has 6 heteroatoms. The minimum Gasteiger partial charge on any atom is -0.504 e. The highest BCUT2D eigenvalue weighted by Gasteiger charge is 2.15. The minimum atomic E-state index is 0.138. The molecular weight excluding hydrogens is 350 g/mol. The summed E-state index contributed by atoms with van der Waals surface area (Å²) in [6.07, 6.45) is 1.70. The van der Waals surface area contributed by atoms with Crippen LogP contribution in [0, 0.1) is 0 Å². The average Bonchev–Trinajstić information content (AvgIpc) is 2.66. The van der Waals surface area contributed by atoms with Gasteiger partial charge in [0, 0.05) is 43.3 Å². The lowest BCUT2D eigenvalue weighted by molar-refractivity contribution is 0.131. The van der Waals surface area contributed by atoms with E-state index in [0.29, 0.717) is 17.9 Å². The number of piperazine rings is 1. The van der Waals surface area contributed by atoms with Gasteiger partial charge in [-0.25, -0.2) is 0 Å². The van der Waals surface area contributed by atoms with E-state index in [0.717, 1.165) is 37.7 Å². The summed E-state index contributed by atoms with van der Waals surface area (Å²) in [4.78, 5) is 2.41. The van der Waals surface area contributed by atoms with Gasteiger partial charge in [0.05, 0.1) is 12.8 Å². The van der Waals surface area contributed by atoms with Crippen molar-refractivity contribution in [1.29, 1.82) is 0 Å². The number of halogens is 1. The molecule has 3 rings (SSSR count). The Balaban J connectivity index is 1.53. The van der Waals surface area contributed by atoms with Crippen molar-refractivity contribution < 1.29 is 9.84 Å². The van der Waals surface area contributed by atoms with Gasteiger partial charge in [0.1, 0.15) is 0 Å². The Morgan fingerprint density at radius 1 is 1.12 bits per heavy atom. The Bertz CT molecular complexity index is 741. The molecule has 0 unspecified atom stereocenters. The van der Waals surface area contributed by atoms with Crippen LogP contribution in [-0.4, -0.2) is 54.0 Å². The highest BCUT2D eigenvalue weighted by Crippen LogP contribution is 2.28. The van der Waals surface area contributed by atoms with Crippen molar-refractivity contribution in [1.82, 2.24) is 9.91 Å². The Morgan fingerprint density at radius 3 is 2.54 bits per heavy atom. The normalized spacial score (nSPS) is 15.5. The summed E-state index contributed by atoms with van der Waals surface area (Å²) in [5.41, 5.74) is 1.93. The van der Waals surface area contributed by atoms with Crippen LogP contribution in [0.4, 0.5) is 0 Å². The molecule has 0 aliphatic carbocycles. The first-order valence-electron chi connectivity index (χ1n) is 8.86. The minimum absolute atomic E-state index is 0.138. The van der Waals surface area contributed by atoms with Crippen LogP contribution in [0.15, 0.2) is 47.6 Å². The smallest absolute Gasteiger partial charge is 0.166 e. The molecule has 5 nitrogen and oxygen atoms in total. The molecule has 0 spiro atoms. The molecule has 0 saturated carbocycles. The maximum atomic E-state index is 10.2. The van der Waals surface area contributed by atoms with E-state index < -0.39 is 0 Å². The number of para-hydroxylation sites is 1. The van der Waals surface area contributed by atoms with Crippen molar-refractivity contribution in [2.45, 2.75) is 13.5 Å². The first-order valence-corrected chi connectivity index (χ1v) is 9.24. The van der Waals surface area contributed by atoms with Crippen LogP contribution in [0.1, 0.15) is 18.1 Å². The molecule has 0 atom stereocenters. The van der Waals surface area contributed by atoms with E-state index in [4.69, 9.17) is 16.3 Å². The van der Waals surface area contributed by atoms with E-state index in [-0.39, 0.29) is 5.75 Å². The van der Waals surface area contributed by atoms with Gasteiger partial charge in [0.15, 0.2) is 11.5 Å². The van der Waals surface area contributed by atoms with E-state index in [9.17, 15) is 5.11 Å². The molecule has 1 heterocycles. The number of phenols is 1. The molecule has 0 radical (unpaired) electrons. The Kier molecular flexibility index (Phi) is 6.36. The van der Waals surface area contributed by atoms with Crippen molar-refractivity contribution in [3.63, 3.8) is 0 Å². The zero-order valence-electron chi connectivity index (χ0n) is 14.9. The monoisotopic (exact) mass is 373 g/mol. The molecule has 0 aromatic heterocycles. The first-order chi connectivity index (χ1) is 12.7. The third-order valence-corrected chi connectivity index (χ3v) is 4.61. The van der Waals surface area contributed by atoms with Crippen molar-refractivity contribution in [3.05, 3.63) is 58.6 Å². The van der Waals surface area contributed by atoms with Crippen LogP contribution >= 0.6 is 11.6 Å². The lowest BCUT2D eigenvalue weighted by atomic mass is 10.2. The van der Waals surface area contributed by atoms with E-state index >= 15 is 0 Å². The Hall–Kier alpha value is -2.24. The summed E-state index contributed by atoms with van der Waals surface area (Å²) in [5.74, 6) is 0.628. The zero-order valence-corrected chi connectivity index (χ0v) is 15.7. The van der Waals surface area contributed by atoms with E-state index in [1.54, 1.807) is 12.3 Å². The summed E-state index contributed by atoms with van der Waals surface area (Å²) >= 11 is 5.94. The Labute approximate surface area is 159 Å². The maximum Gasteiger partial charge on any atom is 0.166 e. The third-order valence-electron chi connectivity index (χ3n) is 4.36. The fraction of sp³-hybridized carbons (Fsp3) is 0.350. The quantitative estimate of drug-likeness (QED) is 0.786. The van der Waals surface area contributed by atoms with Crippen molar-refractivity contribution in [3.8, 4) is 11.5 Å². The highest BCUT2D eigenvalue weighted by atomic mass is 35.5. The van der Waals surface area contributed by atoms with Gasteiger partial charge in [-0.15, -0.1) is 0 Å². The van der Waals surface area contributed by atoms with Crippen molar-refractivity contribution >= 4 is 17.8 Å². The molecule has 1 aliphatic heterocycles. The highest BCUT2D eigenvalue weighted by molar-refractivity contribution is 6.30. The average molecular weight is 374 g/mol. The maximum absolute atomic E-state index is 10.2. The van der Waals surface area contributed by atoms with E-state index in [1.165, 1.54) is 5.56 Å². The second-order valence-electron chi connectivity index (χ2n) is 6.23. The van der Waals surface area contributed by atoms with Crippen LogP contribution in [0.2, 0.25) is 5.02 Å². The topological polar surface area (TPSA) is 48.3 Å². The zero-order chi connectivity index (χ0) is 18.4. The number of phenolic OH excluding ortho intramolecular Hbond substituents is 1. The fourth-order valence-electron chi connectivity index (χ4n) is 2.92. The molecule has 2 aromatic rings. The molecule has 1 N–H and O–H groups in total. The SMILES string of the molecule is CCOc1cccc(/C=N/N2CCN(Cc3ccc(Cl)cc3)CC2)c1O. The van der Waals surface area contributed by atoms with Crippen LogP contribution in [0.25, 0.3) is 0 Å². The number of hydrogen-bond acceptors (Lipinski definition) is 5. The van der Waals surface area contributed by atoms with Gasteiger partial charge in [0.2, 0.25) is 0 Å². The predicted molar refractivity (Wildman–Crippen MR) is 105 cm³/mol. The summed E-state index contributed by atoms with van der Waals surface area (Å²) < 4.78 is 5.41. The van der Waals surface area contributed by atoms with Crippen LogP contribution in [-0.2, 0) is 6.54 Å². The first kappa shape index (κ1) is 18.5. The summed E-state index contributed by atoms with van der Waals surface area (Å²) in [5, 5.41) is 17.5. The summed E-state index contributed by atoms with van der Waals surface area (Å²) in [6, 6.07) is 13.4. The van der Waals surface area contributed by atoms with Gasteiger partial charge in [-0.3, -0.25) is 9.91 Å². The van der Waals surface area contributed by atoms with Gasteiger partial charge >= 0.3 is 0 Å². The number of aromatic hydroxyl groups is 1. The Morgan fingerprint density at radius 2 is 1.85 bits per heavy atom. The molecule has 1 aliphatic rings. The van der Waals surface area contributed by atoms with E-state index in [1.807, 2.05) is 36.2 Å². The van der Waals surface area contributed by atoms with Gasteiger partial charge in [0.25, 0.3) is 0 Å². The molecule has 1 fully saturated rings. The molecular formula is C20H24ClN3O2. The van der Waals surface area contributed by atoms with Crippen LogP contribution < -0.4 is 4.74 Å². The fourth-order valence-corrected chi connectivity index (χ4v) is 3.04. The second kappa shape index (κ2) is 8.92. The van der Waals surface area contributed by atoms with Crippen LogP contribution in [0.3, 0.4) is 0 Å². The van der Waals surface area contributed by atoms with Gasteiger partial charge in [-0.2, -0.15) is 5.10 Å². The lowest BCUT2D eigenvalue weighted by Crippen LogP contribution is -2.43.